The van der Waals surface area contributed by atoms with E-state index < -0.39 is 0 Å². The summed E-state index contributed by atoms with van der Waals surface area (Å²) < 4.78 is 11.0. The highest BCUT2D eigenvalue weighted by atomic mass is 16.5. The van der Waals surface area contributed by atoms with Crippen LogP contribution in [0, 0.1) is 6.92 Å². The maximum atomic E-state index is 5.84. The Morgan fingerprint density at radius 1 is 1.10 bits per heavy atom. The first-order chi connectivity index (χ1) is 10.0. The summed E-state index contributed by atoms with van der Waals surface area (Å²) in [5, 5.41) is 0. The number of anilines is 1. The zero-order valence-electron chi connectivity index (χ0n) is 12.7. The second-order valence-corrected chi connectivity index (χ2v) is 4.94. The lowest BCUT2D eigenvalue weighted by Crippen LogP contribution is -2.13. The number of hydrogen-bond acceptors (Lipinski definition) is 6. The average molecular weight is 288 g/mol. The third-order valence-electron chi connectivity index (χ3n) is 3.05. The van der Waals surface area contributed by atoms with E-state index in [4.69, 9.17) is 15.3 Å². The molecule has 6 nitrogen and oxygen atoms in total. The van der Waals surface area contributed by atoms with Crippen molar-refractivity contribution < 1.29 is 9.47 Å². The fraction of sp³-hybridized carbons (Fsp3) is 0.333. The standard InChI is InChI=1S/C15H20N4O2/c1-9(2)13-17-14(19-16)10(3)15(18-13)21-12-7-5-11(20-4)6-8-12/h5-9H,16H2,1-4H3,(H,17,18,19). The SMILES string of the molecule is COc1ccc(Oc2nc(C(C)C)nc(NN)c2C)cc1. The molecule has 0 amide bonds. The van der Waals surface area contributed by atoms with Gasteiger partial charge in [0.25, 0.3) is 0 Å². The number of hydrazine groups is 1. The van der Waals surface area contributed by atoms with Crippen LogP contribution in [0.15, 0.2) is 24.3 Å². The lowest BCUT2D eigenvalue weighted by atomic mass is 10.2. The highest BCUT2D eigenvalue weighted by molar-refractivity contribution is 5.49. The molecule has 0 fully saturated rings. The molecule has 0 radical (unpaired) electrons. The Labute approximate surface area is 124 Å². The highest BCUT2D eigenvalue weighted by Crippen LogP contribution is 2.29. The number of nitrogens with one attached hydrogen (secondary N) is 1. The van der Waals surface area contributed by atoms with Crippen LogP contribution in [-0.2, 0) is 0 Å². The number of hydrogen-bond donors (Lipinski definition) is 2. The lowest BCUT2D eigenvalue weighted by molar-refractivity contribution is 0.411. The first kappa shape index (κ1) is 15.1. The molecule has 3 N–H and O–H groups in total. The van der Waals surface area contributed by atoms with Crippen LogP contribution in [0.4, 0.5) is 5.82 Å². The molecule has 0 aliphatic rings. The number of nitrogens with two attached hydrogens (primary N) is 1. The summed E-state index contributed by atoms with van der Waals surface area (Å²) in [6, 6.07) is 7.31. The summed E-state index contributed by atoms with van der Waals surface area (Å²) in [6.45, 7) is 5.89. The maximum absolute atomic E-state index is 5.84. The molecule has 6 heteroatoms. The van der Waals surface area contributed by atoms with Crippen molar-refractivity contribution in [1.29, 1.82) is 0 Å². The number of nitrogen functional groups attached to an aromatic ring is 1. The fourth-order valence-electron chi connectivity index (χ4n) is 1.77. The van der Waals surface area contributed by atoms with Crippen LogP contribution >= 0.6 is 0 Å². The van der Waals surface area contributed by atoms with Crippen LogP contribution in [0.3, 0.4) is 0 Å². The normalized spacial score (nSPS) is 10.6. The first-order valence-electron chi connectivity index (χ1n) is 6.72. The Morgan fingerprint density at radius 3 is 2.24 bits per heavy atom. The molecule has 1 aromatic carbocycles. The van der Waals surface area contributed by atoms with Crippen molar-refractivity contribution in [3.63, 3.8) is 0 Å². The van der Waals surface area contributed by atoms with Gasteiger partial charge in [-0.1, -0.05) is 13.8 Å². The summed E-state index contributed by atoms with van der Waals surface area (Å²) in [5.41, 5.74) is 3.35. The largest absolute Gasteiger partial charge is 0.497 e. The van der Waals surface area contributed by atoms with E-state index in [9.17, 15) is 0 Å². The molecular weight excluding hydrogens is 268 g/mol. The monoisotopic (exact) mass is 288 g/mol. The number of nitrogens with zero attached hydrogens (tertiary/aromatic N) is 2. The van der Waals surface area contributed by atoms with Crippen molar-refractivity contribution in [3.05, 3.63) is 35.7 Å². The smallest absolute Gasteiger partial charge is 0.227 e. The van der Waals surface area contributed by atoms with Crippen molar-refractivity contribution in [2.24, 2.45) is 5.84 Å². The van der Waals surface area contributed by atoms with Crippen LogP contribution in [0.5, 0.6) is 17.4 Å². The summed E-state index contributed by atoms with van der Waals surface area (Å²) in [4.78, 5) is 8.83. The second kappa shape index (κ2) is 6.41. The summed E-state index contributed by atoms with van der Waals surface area (Å²) in [6.07, 6.45) is 0. The van der Waals surface area contributed by atoms with Gasteiger partial charge in [0.2, 0.25) is 5.88 Å². The molecule has 0 aliphatic heterocycles. The minimum Gasteiger partial charge on any atom is -0.497 e. The third kappa shape index (κ3) is 3.41. The molecule has 1 heterocycles. The van der Waals surface area contributed by atoms with E-state index in [2.05, 4.69) is 15.4 Å². The Morgan fingerprint density at radius 2 is 1.71 bits per heavy atom. The molecule has 0 spiro atoms. The molecule has 0 atom stereocenters. The average Bonchev–Trinajstić information content (AvgIpc) is 2.49. The molecule has 0 saturated heterocycles. The fourth-order valence-corrected chi connectivity index (χ4v) is 1.77. The zero-order valence-corrected chi connectivity index (χ0v) is 12.7. The van der Waals surface area contributed by atoms with E-state index in [0.717, 1.165) is 11.3 Å². The predicted molar refractivity (Wildman–Crippen MR) is 81.7 cm³/mol. The molecule has 1 aromatic heterocycles. The van der Waals surface area contributed by atoms with E-state index in [1.807, 2.05) is 45.0 Å². The van der Waals surface area contributed by atoms with Crippen molar-refractivity contribution in [2.45, 2.75) is 26.7 Å². The highest BCUT2D eigenvalue weighted by Gasteiger charge is 2.14. The molecule has 0 saturated carbocycles. The Balaban J connectivity index is 2.35. The van der Waals surface area contributed by atoms with E-state index >= 15 is 0 Å². The number of benzene rings is 1. The van der Waals surface area contributed by atoms with Gasteiger partial charge in [0.15, 0.2) is 5.82 Å². The van der Waals surface area contributed by atoms with Crippen LogP contribution in [-0.4, -0.2) is 17.1 Å². The van der Waals surface area contributed by atoms with Crippen LogP contribution < -0.4 is 20.7 Å². The second-order valence-electron chi connectivity index (χ2n) is 4.94. The Hall–Kier alpha value is -2.34. The van der Waals surface area contributed by atoms with Gasteiger partial charge < -0.3 is 14.9 Å². The Bertz CT molecular complexity index is 612. The number of methoxy groups -OCH3 is 1. The first-order valence-corrected chi connectivity index (χ1v) is 6.72. The van der Waals surface area contributed by atoms with Gasteiger partial charge in [-0.2, -0.15) is 4.98 Å². The maximum Gasteiger partial charge on any atom is 0.227 e. The molecule has 112 valence electrons. The topological polar surface area (TPSA) is 82.3 Å². The minimum absolute atomic E-state index is 0.177. The summed E-state index contributed by atoms with van der Waals surface area (Å²) in [7, 11) is 1.62. The molecule has 2 aromatic rings. The van der Waals surface area contributed by atoms with E-state index in [1.54, 1.807) is 7.11 Å². The van der Waals surface area contributed by atoms with Crippen molar-refractivity contribution in [3.8, 4) is 17.4 Å². The quantitative estimate of drug-likeness (QED) is 0.650. The molecular formula is C15H20N4O2. The van der Waals surface area contributed by atoms with E-state index in [-0.39, 0.29) is 5.92 Å². The Kier molecular flexibility index (Phi) is 4.59. The van der Waals surface area contributed by atoms with E-state index in [0.29, 0.717) is 23.3 Å². The van der Waals surface area contributed by atoms with Gasteiger partial charge in [-0.05, 0) is 31.2 Å². The van der Waals surface area contributed by atoms with Crippen molar-refractivity contribution in [1.82, 2.24) is 9.97 Å². The number of aromatic nitrogens is 2. The van der Waals surface area contributed by atoms with Gasteiger partial charge in [-0.15, -0.1) is 0 Å². The number of rotatable bonds is 5. The van der Waals surface area contributed by atoms with Crippen LogP contribution in [0.1, 0.15) is 31.2 Å². The van der Waals surface area contributed by atoms with Crippen LogP contribution in [0.25, 0.3) is 0 Å². The van der Waals surface area contributed by atoms with Gasteiger partial charge in [0.05, 0.1) is 12.7 Å². The van der Waals surface area contributed by atoms with Crippen LogP contribution in [0.2, 0.25) is 0 Å². The molecule has 2 rings (SSSR count). The zero-order chi connectivity index (χ0) is 15.4. The summed E-state index contributed by atoms with van der Waals surface area (Å²) in [5.74, 6) is 8.87. The lowest BCUT2D eigenvalue weighted by Gasteiger charge is -2.14. The minimum atomic E-state index is 0.177. The molecule has 0 aliphatic carbocycles. The third-order valence-corrected chi connectivity index (χ3v) is 3.05. The van der Waals surface area contributed by atoms with E-state index in [1.165, 1.54) is 0 Å². The molecule has 21 heavy (non-hydrogen) atoms. The van der Waals surface area contributed by atoms with Gasteiger partial charge >= 0.3 is 0 Å². The van der Waals surface area contributed by atoms with Crippen molar-refractivity contribution >= 4 is 5.82 Å². The molecule has 0 bridgehead atoms. The van der Waals surface area contributed by atoms with Gasteiger partial charge in [-0.25, -0.2) is 10.8 Å². The predicted octanol–water partition coefficient (Wildman–Crippen LogP) is 2.99. The van der Waals surface area contributed by atoms with Gasteiger partial charge in [0.1, 0.15) is 17.3 Å². The van der Waals surface area contributed by atoms with Gasteiger partial charge in [0, 0.05) is 5.92 Å². The summed E-state index contributed by atoms with van der Waals surface area (Å²) >= 11 is 0. The molecule has 0 unspecified atom stereocenters. The van der Waals surface area contributed by atoms with Gasteiger partial charge in [-0.3, -0.25) is 0 Å². The number of ether oxygens (including phenoxy) is 2. The van der Waals surface area contributed by atoms with Crippen molar-refractivity contribution in [2.75, 3.05) is 12.5 Å².